The third kappa shape index (κ3) is 4.55. The Kier molecular flexibility index (Phi) is 5.76. The first kappa shape index (κ1) is 20.0. The van der Waals surface area contributed by atoms with Crippen LogP contribution in [0.15, 0.2) is 60.8 Å². The molecular formula is C19H12Cl2F3N3O. The normalized spacial score (nSPS) is 11.2. The van der Waals surface area contributed by atoms with E-state index in [1.807, 2.05) is 0 Å². The number of alkyl halides is 3. The van der Waals surface area contributed by atoms with Gasteiger partial charge in [-0.25, -0.2) is 4.98 Å². The number of benzene rings is 2. The molecule has 144 valence electrons. The van der Waals surface area contributed by atoms with Crippen LogP contribution in [0.1, 0.15) is 15.9 Å². The van der Waals surface area contributed by atoms with Crippen LogP contribution < -0.4 is 10.6 Å². The molecule has 0 fully saturated rings. The van der Waals surface area contributed by atoms with Gasteiger partial charge in [-0.15, -0.1) is 0 Å². The summed E-state index contributed by atoms with van der Waals surface area (Å²) in [5.41, 5.74) is -0.252. The molecule has 28 heavy (non-hydrogen) atoms. The van der Waals surface area contributed by atoms with Crippen molar-refractivity contribution in [3.8, 4) is 0 Å². The number of anilines is 3. The number of amides is 1. The van der Waals surface area contributed by atoms with Crippen LogP contribution in [0.3, 0.4) is 0 Å². The fraction of sp³-hybridized carbons (Fsp3) is 0.0526. The molecule has 0 aliphatic carbocycles. The smallest absolute Gasteiger partial charge is 0.340 e. The second kappa shape index (κ2) is 8.08. The van der Waals surface area contributed by atoms with Crippen molar-refractivity contribution in [2.24, 2.45) is 0 Å². The highest BCUT2D eigenvalue weighted by atomic mass is 35.5. The summed E-state index contributed by atoms with van der Waals surface area (Å²) >= 11 is 12.0. The first-order chi connectivity index (χ1) is 13.3. The van der Waals surface area contributed by atoms with E-state index in [4.69, 9.17) is 23.2 Å². The van der Waals surface area contributed by atoms with E-state index in [0.717, 1.165) is 12.1 Å². The van der Waals surface area contributed by atoms with Crippen molar-refractivity contribution in [1.82, 2.24) is 4.98 Å². The van der Waals surface area contributed by atoms with Crippen LogP contribution in [-0.4, -0.2) is 10.9 Å². The summed E-state index contributed by atoms with van der Waals surface area (Å²) in [7, 11) is 0. The maximum absolute atomic E-state index is 12.9. The number of pyridine rings is 1. The largest absolute Gasteiger partial charge is 0.416 e. The first-order valence-electron chi connectivity index (χ1n) is 7.90. The molecule has 0 radical (unpaired) electrons. The average molecular weight is 426 g/mol. The molecule has 3 rings (SSSR count). The summed E-state index contributed by atoms with van der Waals surface area (Å²) in [6.45, 7) is 0. The lowest BCUT2D eigenvalue weighted by Gasteiger charge is -2.13. The van der Waals surface area contributed by atoms with Gasteiger partial charge in [0.25, 0.3) is 5.91 Å². The molecule has 1 heterocycles. The molecule has 0 atom stereocenters. The van der Waals surface area contributed by atoms with Gasteiger partial charge in [-0.2, -0.15) is 13.2 Å². The predicted molar refractivity (Wildman–Crippen MR) is 103 cm³/mol. The Labute approximate surface area is 168 Å². The molecule has 0 saturated heterocycles. The number of nitrogens with zero attached hydrogens (tertiary/aromatic N) is 1. The van der Waals surface area contributed by atoms with Gasteiger partial charge in [-0.05, 0) is 42.5 Å². The Morgan fingerprint density at radius 1 is 1.00 bits per heavy atom. The van der Waals surface area contributed by atoms with E-state index in [-0.39, 0.29) is 27.1 Å². The third-order valence-corrected chi connectivity index (χ3v) is 4.52. The molecule has 0 bridgehead atoms. The number of rotatable bonds is 4. The Balaban J connectivity index is 1.87. The zero-order valence-corrected chi connectivity index (χ0v) is 15.5. The fourth-order valence-corrected chi connectivity index (χ4v) is 2.74. The van der Waals surface area contributed by atoms with Crippen molar-refractivity contribution in [2.75, 3.05) is 10.6 Å². The second-order valence-electron chi connectivity index (χ2n) is 5.66. The van der Waals surface area contributed by atoms with E-state index < -0.39 is 17.6 Å². The average Bonchev–Trinajstić information content (AvgIpc) is 2.65. The molecule has 0 aliphatic heterocycles. The highest BCUT2D eigenvalue weighted by Gasteiger charge is 2.30. The van der Waals surface area contributed by atoms with Crippen molar-refractivity contribution in [2.45, 2.75) is 6.18 Å². The maximum Gasteiger partial charge on any atom is 0.416 e. The van der Waals surface area contributed by atoms with Crippen LogP contribution in [0.4, 0.5) is 30.4 Å². The van der Waals surface area contributed by atoms with Crippen molar-refractivity contribution < 1.29 is 18.0 Å². The monoisotopic (exact) mass is 425 g/mol. The minimum Gasteiger partial charge on any atom is -0.340 e. The van der Waals surface area contributed by atoms with Gasteiger partial charge in [-0.3, -0.25) is 4.79 Å². The topological polar surface area (TPSA) is 54.0 Å². The Bertz CT molecular complexity index is 1030. The third-order valence-electron chi connectivity index (χ3n) is 3.70. The van der Waals surface area contributed by atoms with Crippen LogP contribution in [0.5, 0.6) is 0 Å². The van der Waals surface area contributed by atoms with Crippen molar-refractivity contribution in [1.29, 1.82) is 0 Å². The number of halogens is 5. The molecule has 2 aromatic carbocycles. The summed E-state index contributed by atoms with van der Waals surface area (Å²) < 4.78 is 38.7. The number of nitrogens with one attached hydrogen (secondary N) is 2. The molecule has 2 N–H and O–H groups in total. The van der Waals surface area contributed by atoms with Gasteiger partial charge >= 0.3 is 6.18 Å². The van der Waals surface area contributed by atoms with Gasteiger partial charge in [0.2, 0.25) is 0 Å². The Hall–Kier alpha value is -2.77. The first-order valence-corrected chi connectivity index (χ1v) is 8.66. The van der Waals surface area contributed by atoms with Gasteiger partial charge in [0.15, 0.2) is 0 Å². The number of aromatic nitrogens is 1. The molecule has 1 aromatic heterocycles. The molecule has 0 aliphatic rings. The molecule has 0 saturated carbocycles. The van der Waals surface area contributed by atoms with Gasteiger partial charge in [-0.1, -0.05) is 35.3 Å². The highest BCUT2D eigenvalue weighted by molar-refractivity contribution is 6.44. The summed E-state index contributed by atoms with van der Waals surface area (Å²) in [6.07, 6.45) is -3.07. The van der Waals surface area contributed by atoms with E-state index >= 15 is 0 Å². The molecule has 0 unspecified atom stereocenters. The number of hydrogen-bond donors (Lipinski definition) is 2. The van der Waals surface area contributed by atoms with Gasteiger partial charge in [0.05, 0.1) is 26.9 Å². The van der Waals surface area contributed by atoms with E-state index in [0.29, 0.717) is 5.69 Å². The number of carbonyl (C=O) groups excluding carboxylic acids is 1. The van der Waals surface area contributed by atoms with E-state index in [1.54, 1.807) is 18.2 Å². The summed E-state index contributed by atoms with van der Waals surface area (Å²) in [5, 5.41) is 5.81. The van der Waals surface area contributed by atoms with Crippen molar-refractivity contribution in [3.63, 3.8) is 0 Å². The van der Waals surface area contributed by atoms with E-state index in [1.165, 1.54) is 30.5 Å². The van der Waals surface area contributed by atoms with Crippen LogP contribution >= 0.6 is 23.2 Å². The van der Waals surface area contributed by atoms with Gasteiger partial charge in [0.1, 0.15) is 5.82 Å². The quantitative estimate of drug-likeness (QED) is 0.508. The van der Waals surface area contributed by atoms with Crippen LogP contribution in [0.2, 0.25) is 10.0 Å². The zero-order chi connectivity index (χ0) is 20.3. The molecule has 0 spiro atoms. The van der Waals surface area contributed by atoms with Gasteiger partial charge < -0.3 is 10.6 Å². The molecular weight excluding hydrogens is 414 g/mol. The SMILES string of the molecule is O=C(Nc1cccc(Cl)c1Cl)c1cccnc1Nc1cccc(C(F)(F)F)c1. The van der Waals surface area contributed by atoms with Crippen LogP contribution in [0, 0.1) is 0 Å². The lowest BCUT2D eigenvalue weighted by molar-refractivity contribution is -0.137. The lowest BCUT2D eigenvalue weighted by Crippen LogP contribution is -2.15. The predicted octanol–water partition coefficient (Wildman–Crippen LogP) is 6.40. The summed E-state index contributed by atoms with van der Waals surface area (Å²) in [5.74, 6) is -0.454. The summed E-state index contributed by atoms with van der Waals surface area (Å²) in [6, 6.07) is 12.4. The minimum absolute atomic E-state index is 0.0949. The van der Waals surface area contributed by atoms with E-state index in [9.17, 15) is 18.0 Å². The second-order valence-corrected chi connectivity index (χ2v) is 6.44. The van der Waals surface area contributed by atoms with Crippen LogP contribution in [0.25, 0.3) is 0 Å². The highest BCUT2D eigenvalue weighted by Crippen LogP contribution is 2.32. The minimum atomic E-state index is -4.48. The van der Waals surface area contributed by atoms with E-state index in [2.05, 4.69) is 15.6 Å². The molecule has 3 aromatic rings. The summed E-state index contributed by atoms with van der Waals surface area (Å²) in [4.78, 5) is 16.7. The zero-order valence-electron chi connectivity index (χ0n) is 14.0. The number of hydrogen-bond acceptors (Lipinski definition) is 3. The fourth-order valence-electron chi connectivity index (χ4n) is 2.39. The standard InChI is InChI=1S/C19H12Cl2F3N3O/c20-14-7-2-8-15(16(14)21)27-18(28)13-6-3-9-25-17(13)26-12-5-1-4-11(10-12)19(22,23)24/h1-10H,(H,25,26)(H,27,28). The van der Waals surface area contributed by atoms with Gasteiger partial charge in [0, 0.05) is 11.9 Å². The Morgan fingerprint density at radius 3 is 2.50 bits per heavy atom. The lowest BCUT2D eigenvalue weighted by atomic mass is 10.1. The molecule has 1 amide bonds. The number of carbonyl (C=O) groups is 1. The maximum atomic E-state index is 12.9. The Morgan fingerprint density at radius 2 is 1.75 bits per heavy atom. The molecule has 4 nitrogen and oxygen atoms in total. The van der Waals surface area contributed by atoms with Crippen molar-refractivity contribution >= 4 is 46.3 Å². The molecule has 9 heteroatoms. The van der Waals surface area contributed by atoms with Crippen molar-refractivity contribution in [3.05, 3.63) is 82.0 Å². The van der Waals surface area contributed by atoms with Crippen LogP contribution in [-0.2, 0) is 6.18 Å².